The second-order valence-electron chi connectivity index (χ2n) is 10.9. The molecule has 0 unspecified atom stereocenters. The van der Waals surface area contributed by atoms with Crippen molar-refractivity contribution in [3.63, 3.8) is 0 Å². The van der Waals surface area contributed by atoms with Crippen LogP contribution in [0, 0.1) is 0 Å². The van der Waals surface area contributed by atoms with E-state index >= 15 is 0 Å². The fraction of sp³-hybridized carbons (Fsp3) is 0.367. The molecule has 188 valence electrons. The molecule has 0 atom stereocenters. The molecule has 1 aliphatic carbocycles. The number of aromatic nitrogens is 3. The standard InChI is InChI=1S/C30H32N6O/c1-35-11-13-36(14-12-35)27-17-20(7-10-31-27)22-15-24-25(19-33-28(24)32-18-22)21-5-6-23-26(16-21)30(34-29(23)37)8-3-2-4-9-30/h5-7,10,15-19H,2-4,8-9,11-14H2,1H3,(H,32,33)(H,34,37). The molecule has 7 heteroatoms. The Kier molecular flexibility index (Phi) is 5.29. The smallest absolute Gasteiger partial charge is 0.252 e. The molecule has 1 saturated heterocycles. The van der Waals surface area contributed by atoms with Gasteiger partial charge in [0.25, 0.3) is 5.91 Å². The van der Waals surface area contributed by atoms with Gasteiger partial charge in [-0.2, -0.15) is 0 Å². The largest absolute Gasteiger partial charge is 0.354 e. The van der Waals surface area contributed by atoms with Gasteiger partial charge in [-0.25, -0.2) is 9.97 Å². The summed E-state index contributed by atoms with van der Waals surface area (Å²) in [5, 5.41) is 4.43. The molecule has 7 rings (SSSR count). The van der Waals surface area contributed by atoms with Crippen LogP contribution < -0.4 is 10.2 Å². The van der Waals surface area contributed by atoms with Gasteiger partial charge >= 0.3 is 0 Å². The van der Waals surface area contributed by atoms with E-state index in [9.17, 15) is 4.79 Å². The van der Waals surface area contributed by atoms with Crippen molar-refractivity contribution in [3.8, 4) is 22.3 Å². The van der Waals surface area contributed by atoms with E-state index in [4.69, 9.17) is 4.98 Å². The van der Waals surface area contributed by atoms with Crippen LogP contribution in [0.1, 0.15) is 48.0 Å². The number of nitrogens with one attached hydrogen (secondary N) is 2. The van der Waals surface area contributed by atoms with Crippen molar-refractivity contribution < 1.29 is 4.79 Å². The molecule has 1 saturated carbocycles. The summed E-state index contributed by atoms with van der Waals surface area (Å²) in [6, 6.07) is 12.8. The lowest BCUT2D eigenvalue weighted by Gasteiger charge is -2.34. The van der Waals surface area contributed by atoms with Gasteiger partial charge in [0.1, 0.15) is 11.5 Å². The Morgan fingerprint density at radius 1 is 0.865 bits per heavy atom. The Hall–Kier alpha value is -3.71. The van der Waals surface area contributed by atoms with Gasteiger partial charge < -0.3 is 20.1 Å². The van der Waals surface area contributed by atoms with Crippen molar-refractivity contribution in [1.29, 1.82) is 0 Å². The number of hydrogen-bond acceptors (Lipinski definition) is 5. The quantitative estimate of drug-likeness (QED) is 0.423. The average molecular weight is 493 g/mol. The van der Waals surface area contributed by atoms with Crippen LogP contribution in [0.4, 0.5) is 5.82 Å². The molecule has 3 aromatic heterocycles. The third kappa shape index (κ3) is 3.80. The maximum atomic E-state index is 12.8. The molecule has 1 amide bonds. The van der Waals surface area contributed by atoms with Gasteiger partial charge in [-0.05, 0) is 66.9 Å². The lowest BCUT2D eigenvalue weighted by Crippen LogP contribution is -2.44. The predicted octanol–water partition coefficient (Wildman–Crippen LogP) is 4.95. The van der Waals surface area contributed by atoms with E-state index in [0.717, 1.165) is 96.5 Å². The molecule has 1 spiro atoms. The number of piperazine rings is 1. The zero-order valence-corrected chi connectivity index (χ0v) is 21.3. The minimum Gasteiger partial charge on any atom is -0.354 e. The van der Waals surface area contributed by atoms with Crippen molar-refractivity contribution in [2.75, 3.05) is 38.1 Å². The van der Waals surface area contributed by atoms with E-state index in [1.807, 2.05) is 24.7 Å². The number of hydrogen-bond donors (Lipinski definition) is 2. The van der Waals surface area contributed by atoms with Crippen LogP contribution >= 0.6 is 0 Å². The van der Waals surface area contributed by atoms with Crippen molar-refractivity contribution >= 4 is 22.8 Å². The fourth-order valence-electron chi connectivity index (χ4n) is 6.41. The zero-order chi connectivity index (χ0) is 25.0. The van der Waals surface area contributed by atoms with Crippen molar-refractivity contribution in [1.82, 2.24) is 25.2 Å². The Bertz CT molecular complexity index is 1490. The van der Waals surface area contributed by atoms with E-state index in [-0.39, 0.29) is 11.4 Å². The van der Waals surface area contributed by atoms with Crippen LogP contribution in [0.25, 0.3) is 33.3 Å². The Morgan fingerprint density at radius 2 is 1.70 bits per heavy atom. The van der Waals surface area contributed by atoms with Gasteiger partial charge in [0.2, 0.25) is 0 Å². The number of H-pyrrole nitrogens is 1. The highest BCUT2D eigenvalue weighted by atomic mass is 16.2. The summed E-state index contributed by atoms with van der Waals surface area (Å²) in [4.78, 5) is 30.3. The first-order valence-electron chi connectivity index (χ1n) is 13.4. The minimum atomic E-state index is -0.201. The third-order valence-electron chi connectivity index (χ3n) is 8.59. The fourth-order valence-corrected chi connectivity index (χ4v) is 6.41. The number of anilines is 1. The summed E-state index contributed by atoms with van der Waals surface area (Å²) in [6.45, 7) is 4.08. The topological polar surface area (TPSA) is 77.1 Å². The van der Waals surface area contributed by atoms with Crippen LogP contribution in [0.5, 0.6) is 0 Å². The minimum absolute atomic E-state index is 0.0696. The summed E-state index contributed by atoms with van der Waals surface area (Å²) in [6.07, 6.45) is 11.5. The molecule has 0 bridgehead atoms. The number of carbonyl (C=O) groups excluding carboxylic acids is 1. The molecule has 1 aromatic carbocycles. The predicted molar refractivity (Wildman–Crippen MR) is 147 cm³/mol. The molecule has 0 radical (unpaired) electrons. The molecule has 2 fully saturated rings. The summed E-state index contributed by atoms with van der Waals surface area (Å²) >= 11 is 0. The van der Waals surface area contributed by atoms with Crippen LogP contribution in [-0.2, 0) is 5.54 Å². The second-order valence-corrected chi connectivity index (χ2v) is 10.9. The number of rotatable bonds is 3. The van der Waals surface area contributed by atoms with Crippen molar-refractivity contribution in [2.24, 2.45) is 0 Å². The highest BCUT2D eigenvalue weighted by Crippen LogP contribution is 2.44. The first kappa shape index (κ1) is 22.5. The molecule has 3 aliphatic rings. The number of amides is 1. The van der Waals surface area contributed by atoms with E-state index in [2.05, 4.69) is 62.5 Å². The van der Waals surface area contributed by atoms with E-state index < -0.39 is 0 Å². The number of nitrogens with zero attached hydrogens (tertiary/aromatic N) is 4. The zero-order valence-electron chi connectivity index (χ0n) is 21.3. The molecular weight excluding hydrogens is 460 g/mol. The number of aromatic amines is 1. The van der Waals surface area contributed by atoms with Gasteiger partial charge in [0.05, 0.1) is 5.54 Å². The number of likely N-dealkylation sites (N-methyl/N-ethyl adjacent to an activating group) is 1. The monoisotopic (exact) mass is 492 g/mol. The van der Waals surface area contributed by atoms with Crippen LogP contribution in [0.2, 0.25) is 0 Å². The molecule has 7 nitrogen and oxygen atoms in total. The van der Waals surface area contributed by atoms with Gasteiger partial charge in [-0.1, -0.05) is 25.3 Å². The molecule has 2 aliphatic heterocycles. The van der Waals surface area contributed by atoms with Crippen molar-refractivity contribution in [3.05, 3.63) is 66.1 Å². The molecule has 4 aromatic rings. The van der Waals surface area contributed by atoms with Crippen LogP contribution in [-0.4, -0.2) is 59.0 Å². The van der Waals surface area contributed by atoms with E-state index in [1.54, 1.807) is 0 Å². The van der Waals surface area contributed by atoms with Gasteiger partial charge in [0.15, 0.2) is 0 Å². The summed E-state index contributed by atoms with van der Waals surface area (Å²) in [5.74, 6) is 1.09. The first-order valence-corrected chi connectivity index (χ1v) is 13.4. The lowest BCUT2D eigenvalue weighted by molar-refractivity contribution is 0.0909. The average Bonchev–Trinajstić information content (AvgIpc) is 3.47. The third-order valence-corrected chi connectivity index (χ3v) is 8.59. The molecule has 2 N–H and O–H groups in total. The normalized spacial score (nSPS) is 19.4. The Morgan fingerprint density at radius 3 is 2.54 bits per heavy atom. The summed E-state index contributed by atoms with van der Waals surface area (Å²) in [7, 11) is 2.17. The Labute approximate surface area is 216 Å². The first-order chi connectivity index (χ1) is 18.1. The van der Waals surface area contributed by atoms with Gasteiger partial charge in [0, 0.05) is 66.8 Å². The highest BCUT2D eigenvalue weighted by Gasteiger charge is 2.43. The van der Waals surface area contributed by atoms with Gasteiger partial charge in [-0.15, -0.1) is 0 Å². The number of carbonyl (C=O) groups is 1. The SMILES string of the molecule is CN1CCN(c2cc(-c3cnc4[nH]cc(-c5ccc6c(c5)C5(CCCCC5)NC6=O)c4c3)ccn2)CC1. The number of fused-ring (bicyclic) bond motifs is 3. The van der Waals surface area contributed by atoms with Crippen molar-refractivity contribution in [2.45, 2.75) is 37.6 Å². The maximum absolute atomic E-state index is 12.8. The van der Waals surface area contributed by atoms with E-state index in [0.29, 0.717) is 0 Å². The molecule has 5 heterocycles. The highest BCUT2D eigenvalue weighted by molar-refractivity contribution is 6.02. The van der Waals surface area contributed by atoms with Gasteiger partial charge in [-0.3, -0.25) is 4.79 Å². The van der Waals surface area contributed by atoms with Crippen LogP contribution in [0.15, 0.2) is 55.0 Å². The number of pyridine rings is 2. The summed E-state index contributed by atoms with van der Waals surface area (Å²) < 4.78 is 0. The Balaban J connectivity index is 1.26. The molecular formula is C30H32N6O. The van der Waals surface area contributed by atoms with Crippen LogP contribution in [0.3, 0.4) is 0 Å². The van der Waals surface area contributed by atoms with E-state index in [1.165, 1.54) is 12.0 Å². The summed E-state index contributed by atoms with van der Waals surface area (Å²) in [5.41, 5.74) is 7.10. The maximum Gasteiger partial charge on any atom is 0.252 e. The second kappa shape index (κ2) is 8.70. The molecule has 37 heavy (non-hydrogen) atoms. The lowest BCUT2D eigenvalue weighted by atomic mass is 9.77. The number of benzene rings is 1.